The molecule has 1 aliphatic carbocycles. The van der Waals surface area contributed by atoms with Gasteiger partial charge in [0.1, 0.15) is 12.4 Å². The highest BCUT2D eigenvalue weighted by Crippen LogP contribution is 2.31. The number of sulfonamides is 1. The Balaban J connectivity index is 1.36. The van der Waals surface area contributed by atoms with Crippen LogP contribution >= 0.6 is 0 Å². The van der Waals surface area contributed by atoms with E-state index in [0.29, 0.717) is 23.7 Å². The first-order chi connectivity index (χ1) is 15.2. The molecule has 0 radical (unpaired) electrons. The first-order valence-electron chi connectivity index (χ1n) is 10.3. The highest BCUT2D eigenvalue weighted by Gasteiger charge is 2.27. The fourth-order valence-corrected chi connectivity index (χ4v) is 4.76. The molecule has 1 aliphatic heterocycles. The average Bonchev–Trinajstić information content (AvgIpc) is 3.36. The van der Waals surface area contributed by atoms with Crippen molar-refractivity contribution in [2.75, 3.05) is 13.2 Å². The van der Waals surface area contributed by atoms with Gasteiger partial charge in [-0.05, 0) is 55.0 Å². The lowest BCUT2D eigenvalue weighted by Crippen LogP contribution is -2.30. The van der Waals surface area contributed by atoms with Gasteiger partial charge in [0, 0.05) is 25.0 Å². The third kappa shape index (κ3) is 5.65. The maximum atomic E-state index is 14.0. The number of aromatic nitrogens is 1. The molecule has 3 amide bonds. The average molecular weight is 465 g/mol. The number of amides is 3. The van der Waals surface area contributed by atoms with Crippen LogP contribution < -0.4 is 14.8 Å². The van der Waals surface area contributed by atoms with Gasteiger partial charge in [-0.25, -0.2) is 22.3 Å². The molecule has 9 nitrogen and oxygen atoms in total. The van der Waals surface area contributed by atoms with E-state index in [1.165, 1.54) is 27.7 Å². The van der Waals surface area contributed by atoms with Crippen molar-refractivity contribution in [2.24, 2.45) is 5.92 Å². The van der Waals surface area contributed by atoms with Gasteiger partial charge in [-0.1, -0.05) is 6.07 Å². The van der Waals surface area contributed by atoms with Gasteiger partial charge >= 0.3 is 6.03 Å². The Bertz CT molecular complexity index is 1130. The van der Waals surface area contributed by atoms with Crippen LogP contribution in [0.2, 0.25) is 0 Å². The van der Waals surface area contributed by atoms with Gasteiger partial charge in [-0.15, -0.1) is 0 Å². The van der Waals surface area contributed by atoms with Crippen LogP contribution in [0.1, 0.15) is 36.9 Å². The third-order valence-corrected chi connectivity index (χ3v) is 6.71. The summed E-state index contributed by atoms with van der Waals surface area (Å²) in [6, 6.07) is 4.98. The predicted molar refractivity (Wildman–Crippen MR) is 113 cm³/mol. The van der Waals surface area contributed by atoms with Crippen molar-refractivity contribution in [2.45, 2.75) is 38.2 Å². The summed E-state index contributed by atoms with van der Waals surface area (Å²) in [6.07, 6.45) is 5.38. The zero-order chi connectivity index (χ0) is 22.9. The zero-order valence-electron chi connectivity index (χ0n) is 17.6. The van der Waals surface area contributed by atoms with Crippen LogP contribution in [0, 0.1) is 11.7 Å². The Morgan fingerprint density at radius 1 is 1.28 bits per heavy atom. The first kappa shape index (κ1) is 22.3. The van der Waals surface area contributed by atoms with Crippen molar-refractivity contribution in [3.8, 4) is 5.75 Å². The summed E-state index contributed by atoms with van der Waals surface area (Å²) in [5, 5.41) is 2.20. The maximum absolute atomic E-state index is 14.0. The molecule has 1 aromatic heterocycles. The lowest BCUT2D eigenvalue weighted by atomic mass is 10.1. The van der Waals surface area contributed by atoms with Gasteiger partial charge in [-0.3, -0.25) is 10.1 Å². The van der Waals surface area contributed by atoms with Crippen LogP contribution in [-0.4, -0.2) is 43.0 Å². The third-order valence-electron chi connectivity index (χ3n) is 5.36. The molecule has 2 N–H and O–H groups in total. The minimum atomic E-state index is -3.72. The summed E-state index contributed by atoms with van der Waals surface area (Å²) >= 11 is 0. The number of imide groups is 1. The quantitative estimate of drug-likeness (QED) is 0.524. The second kappa shape index (κ2) is 8.91. The molecule has 11 heteroatoms. The van der Waals surface area contributed by atoms with E-state index in [0.717, 1.165) is 12.8 Å². The number of nitrogens with one attached hydrogen (secondary N) is 2. The van der Waals surface area contributed by atoms with Crippen molar-refractivity contribution >= 4 is 22.0 Å². The Labute approximate surface area is 185 Å². The van der Waals surface area contributed by atoms with Crippen LogP contribution in [0.25, 0.3) is 0 Å². The van der Waals surface area contributed by atoms with E-state index >= 15 is 0 Å². The molecule has 0 spiro atoms. The molecular formula is C21H25FN4O5S. The molecule has 172 valence electrons. The number of hydrogen-bond acceptors (Lipinski definition) is 5. The summed E-state index contributed by atoms with van der Waals surface area (Å²) in [7, 11) is -3.72. The number of urea groups is 1. The molecule has 2 aromatic rings. The minimum Gasteiger partial charge on any atom is -0.490 e. The number of carbonyl (C=O) groups excluding carboxylic acids is 2. The zero-order valence-corrected chi connectivity index (χ0v) is 18.4. The monoisotopic (exact) mass is 464 g/mol. The van der Waals surface area contributed by atoms with E-state index in [-0.39, 0.29) is 30.6 Å². The highest BCUT2D eigenvalue weighted by molar-refractivity contribution is 7.88. The van der Waals surface area contributed by atoms with Gasteiger partial charge in [0.05, 0.1) is 6.61 Å². The molecule has 0 bridgehead atoms. The fraction of sp³-hybridized carbons (Fsp3) is 0.429. The van der Waals surface area contributed by atoms with E-state index in [1.807, 2.05) is 0 Å². The lowest BCUT2D eigenvalue weighted by molar-refractivity contribution is -0.118. The smallest absolute Gasteiger partial charge is 0.324 e. The lowest BCUT2D eigenvalue weighted by Gasteiger charge is -2.17. The molecular weight excluding hydrogens is 439 g/mol. The highest BCUT2D eigenvalue weighted by atomic mass is 32.2. The molecule has 1 aromatic carbocycles. The maximum Gasteiger partial charge on any atom is 0.324 e. The van der Waals surface area contributed by atoms with E-state index < -0.39 is 27.9 Å². The Morgan fingerprint density at radius 2 is 2.06 bits per heavy atom. The summed E-state index contributed by atoms with van der Waals surface area (Å²) in [4.78, 5) is 24.3. The number of benzene rings is 1. The number of ether oxygens (including phenoxy) is 1. The number of nitrogens with zero attached hydrogens (tertiary/aromatic N) is 2. The normalized spacial score (nSPS) is 17.5. The van der Waals surface area contributed by atoms with Gasteiger partial charge in [0.2, 0.25) is 15.9 Å². The summed E-state index contributed by atoms with van der Waals surface area (Å²) in [5.74, 6) is -0.565. The van der Waals surface area contributed by atoms with Crippen LogP contribution in [0.15, 0.2) is 36.7 Å². The molecule has 2 aliphatic rings. The number of halogens is 1. The summed E-state index contributed by atoms with van der Waals surface area (Å²) in [5.41, 5.74) is 1.30. The van der Waals surface area contributed by atoms with Crippen molar-refractivity contribution in [3.63, 3.8) is 0 Å². The van der Waals surface area contributed by atoms with Gasteiger partial charge < -0.3 is 14.2 Å². The second-order valence-corrected chi connectivity index (χ2v) is 9.99. The molecule has 2 heterocycles. The van der Waals surface area contributed by atoms with Gasteiger partial charge in [0.25, 0.3) is 0 Å². The van der Waals surface area contributed by atoms with E-state index in [4.69, 9.17) is 4.74 Å². The molecule has 32 heavy (non-hydrogen) atoms. The largest absolute Gasteiger partial charge is 0.490 e. The standard InChI is InChI=1S/C21H25FN4O5S/c1-14(17-4-5-18(22)19(8-17)31-12-15-2-3-15)24-32(29,30)13-25-7-6-16(9-25)10-26-11-20(27)23-21(26)28/h4-9,14-15,24H,2-3,10-13H2,1H3,(H,23,27,28)/t14-/m1/s1. The van der Waals surface area contributed by atoms with Crippen molar-refractivity contribution < 1.29 is 27.1 Å². The Hall–Kier alpha value is -2.92. The van der Waals surface area contributed by atoms with Gasteiger partial charge in [0.15, 0.2) is 11.6 Å². The SMILES string of the molecule is C[C@@H](NS(=O)(=O)Cn1ccc(CN2CC(=O)NC2=O)c1)c1ccc(F)c(OCC2CC2)c1. The van der Waals surface area contributed by atoms with Crippen molar-refractivity contribution in [3.05, 3.63) is 53.6 Å². The minimum absolute atomic E-state index is 0.0224. The first-order valence-corrected chi connectivity index (χ1v) is 12.0. The summed E-state index contributed by atoms with van der Waals surface area (Å²) in [6.45, 7) is 2.32. The van der Waals surface area contributed by atoms with E-state index in [9.17, 15) is 22.4 Å². The second-order valence-electron chi connectivity index (χ2n) is 8.27. The fourth-order valence-electron chi connectivity index (χ4n) is 3.46. The molecule has 4 rings (SSSR count). The van der Waals surface area contributed by atoms with Crippen molar-refractivity contribution in [1.29, 1.82) is 0 Å². The Kier molecular flexibility index (Phi) is 6.20. The van der Waals surface area contributed by atoms with Crippen LogP contribution in [-0.2, 0) is 27.2 Å². The predicted octanol–water partition coefficient (Wildman–Crippen LogP) is 2.11. The number of carbonyl (C=O) groups is 2. The van der Waals surface area contributed by atoms with Gasteiger partial charge in [-0.2, -0.15) is 0 Å². The van der Waals surface area contributed by atoms with Crippen LogP contribution in [0.3, 0.4) is 0 Å². The molecule has 1 saturated heterocycles. The number of hydrogen-bond donors (Lipinski definition) is 2. The van der Waals surface area contributed by atoms with Crippen LogP contribution in [0.4, 0.5) is 9.18 Å². The number of rotatable bonds is 10. The topological polar surface area (TPSA) is 110 Å². The molecule has 2 fully saturated rings. The Morgan fingerprint density at radius 3 is 2.75 bits per heavy atom. The van der Waals surface area contributed by atoms with Crippen LogP contribution in [0.5, 0.6) is 5.75 Å². The molecule has 1 saturated carbocycles. The van der Waals surface area contributed by atoms with E-state index in [1.54, 1.807) is 25.4 Å². The van der Waals surface area contributed by atoms with E-state index in [2.05, 4.69) is 10.0 Å². The molecule has 0 unspecified atom stereocenters. The summed E-state index contributed by atoms with van der Waals surface area (Å²) < 4.78 is 48.9. The van der Waals surface area contributed by atoms with Crippen molar-refractivity contribution in [1.82, 2.24) is 19.5 Å². The molecule has 1 atom stereocenters.